The highest BCUT2D eigenvalue weighted by Gasteiger charge is 2.18. The van der Waals surface area contributed by atoms with E-state index in [-0.39, 0.29) is 11.8 Å². The number of ether oxygens (including phenoxy) is 1. The molecule has 0 bridgehead atoms. The fourth-order valence-corrected chi connectivity index (χ4v) is 2.71. The van der Waals surface area contributed by atoms with Gasteiger partial charge in [0.1, 0.15) is 5.75 Å². The lowest BCUT2D eigenvalue weighted by Gasteiger charge is -2.11. The number of nitrogens with zero attached hydrogens (tertiary/aromatic N) is 2. The molecule has 0 saturated carbocycles. The number of hydrogen-bond donors (Lipinski definition) is 1. The molecule has 1 amide bonds. The fourth-order valence-electron chi connectivity index (χ4n) is 2.71. The molecule has 0 spiro atoms. The predicted molar refractivity (Wildman–Crippen MR) is 94.9 cm³/mol. The van der Waals surface area contributed by atoms with Crippen LogP contribution in [0.4, 0.5) is 5.69 Å². The number of aromatic nitrogens is 2. The van der Waals surface area contributed by atoms with E-state index in [1.165, 1.54) is 0 Å². The van der Waals surface area contributed by atoms with Gasteiger partial charge in [0, 0.05) is 11.3 Å². The second-order valence-electron chi connectivity index (χ2n) is 5.87. The SMILES string of the molecule is COc1ccc(-c2nnc(C(=O)Nc3c(C)cc(C)cc3C)o2)cc1. The highest BCUT2D eigenvalue weighted by atomic mass is 16.5. The van der Waals surface area contributed by atoms with Crippen LogP contribution in [0, 0.1) is 20.8 Å². The van der Waals surface area contributed by atoms with Gasteiger partial charge in [-0.1, -0.05) is 17.7 Å². The number of hydrogen-bond acceptors (Lipinski definition) is 5. The second-order valence-corrected chi connectivity index (χ2v) is 5.87. The lowest BCUT2D eigenvalue weighted by molar-refractivity contribution is 0.0990. The molecule has 0 aliphatic rings. The molecule has 6 nitrogen and oxygen atoms in total. The molecule has 25 heavy (non-hydrogen) atoms. The number of benzene rings is 2. The lowest BCUT2D eigenvalue weighted by Crippen LogP contribution is -2.14. The molecule has 0 aliphatic heterocycles. The van der Waals surface area contributed by atoms with E-state index >= 15 is 0 Å². The number of carbonyl (C=O) groups excluding carboxylic acids is 1. The summed E-state index contributed by atoms with van der Waals surface area (Å²) >= 11 is 0. The quantitative estimate of drug-likeness (QED) is 0.780. The highest BCUT2D eigenvalue weighted by molar-refractivity contribution is 6.02. The van der Waals surface area contributed by atoms with E-state index in [9.17, 15) is 4.79 Å². The summed E-state index contributed by atoms with van der Waals surface area (Å²) in [6.45, 7) is 5.92. The standard InChI is InChI=1S/C19H19N3O3/c1-11-9-12(2)16(13(3)10-11)20-17(23)19-22-21-18(25-19)14-5-7-15(24-4)8-6-14/h5-10H,1-4H3,(H,20,23). The zero-order valence-electron chi connectivity index (χ0n) is 14.6. The number of amides is 1. The average molecular weight is 337 g/mol. The molecule has 1 aromatic heterocycles. The molecule has 1 N–H and O–H groups in total. The number of carbonyl (C=O) groups is 1. The summed E-state index contributed by atoms with van der Waals surface area (Å²) in [5.74, 6) is 0.504. The Balaban J connectivity index is 1.81. The van der Waals surface area contributed by atoms with Gasteiger partial charge in [-0.3, -0.25) is 4.79 Å². The molecule has 128 valence electrons. The molecular weight excluding hydrogens is 318 g/mol. The maximum absolute atomic E-state index is 12.4. The van der Waals surface area contributed by atoms with E-state index in [0.29, 0.717) is 0 Å². The number of anilines is 1. The summed E-state index contributed by atoms with van der Waals surface area (Å²) in [5, 5.41) is 10.6. The van der Waals surface area contributed by atoms with Gasteiger partial charge in [0.2, 0.25) is 5.89 Å². The van der Waals surface area contributed by atoms with Crippen LogP contribution in [0.3, 0.4) is 0 Å². The summed E-state index contributed by atoms with van der Waals surface area (Å²) in [7, 11) is 1.60. The van der Waals surface area contributed by atoms with Gasteiger partial charge < -0.3 is 14.5 Å². The van der Waals surface area contributed by atoms with Gasteiger partial charge in [-0.15, -0.1) is 10.2 Å². The first-order chi connectivity index (χ1) is 12.0. The van der Waals surface area contributed by atoms with Crippen LogP contribution in [-0.4, -0.2) is 23.2 Å². The van der Waals surface area contributed by atoms with Crippen LogP contribution < -0.4 is 10.1 Å². The molecule has 2 aromatic carbocycles. The van der Waals surface area contributed by atoms with Crippen LogP contribution >= 0.6 is 0 Å². The van der Waals surface area contributed by atoms with Crippen molar-refractivity contribution >= 4 is 11.6 Å². The second kappa shape index (κ2) is 6.76. The average Bonchev–Trinajstić information content (AvgIpc) is 3.08. The lowest BCUT2D eigenvalue weighted by atomic mass is 10.1. The third kappa shape index (κ3) is 3.52. The number of rotatable bonds is 4. The smallest absolute Gasteiger partial charge is 0.313 e. The van der Waals surface area contributed by atoms with E-state index in [4.69, 9.17) is 9.15 Å². The Morgan fingerprint density at radius 3 is 2.28 bits per heavy atom. The summed E-state index contributed by atoms with van der Waals surface area (Å²) in [6.07, 6.45) is 0. The van der Waals surface area contributed by atoms with Crippen LogP contribution in [0.5, 0.6) is 5.75 Å². The fraction of sp³-hybridized carbons (Fsp3) is 0.211. The van der Waals surface area contributed by atoms with Gasteiger partial charge in [-0.2, -0.15) is 0 Å². The van der Waals surface area contributed by atoms with E-state index in [1.54, 1.807) is 31.4 Å². The molecule has 0 radical (unpaired) electrons. The van der Waals surface area contributed by atoms with E-state index in [2.05, 4.69) is 15.5 Å². The third-order valence-electron chi connectivity index (χ3n) is 3.87. The number of aryl methyl sites for hydroxylation is 3. The minimum Gasteiger partial charge on any atom is -0.497 e. The van der Waals surface area contributed by atoms with Crippen molar-refractivity contribution in [2.75, 3.05) is 12.4 Å². The number of nitrogens with one attached hydrogen (secondary N) is 1. The Morgan fingerprint density at radius 2 is 1.68 bits per heavy atom. The summed E-state index contributed by atoms with van der Waals surface area (Å²) in [4.78, 5) is 12.4. The van der Waals surface area contributed by atoms with Gasteiger partial charge >= 0.3 is 11.8 Å². The monoisotopic (exact) mass is 337 g/mol. The first kappa shape index (κ1) is 16.7. The molecular formula is C19H19N3O3. The van der Waals surface area contributed by atoms with E-state index < -0.39 is 5.91 Å². The molecule has 0 fully saturated rings. The van der Waals surface area contributed by atoms with E-state index in [1.807, 2.05) is 32.9 Å². The van der Waals surface area contributed by atoms with Gasteiger partial charge in [0.25, 0.3) is 0 Å². The van der Waals surface area contributed by atoms with Crippen molar-refractivity contribution in [1.29, 1.82) is 0 Å². The summed E-state index contributed by atoms with van der Waals surface area (Å²) in [5.41, 5.74) is 4.60. The Kier molecular flexibility index (Phi) is 4.52. The molecule has 3 aromatic rings. The Bertz CT molecular complexity index is 891. The highest BCUT2D eigenvalue weighted by Crippen LogP contribution is 2.24. The van der Waals surface area contributed by atoms with Crippen molar-refractivity contribution in [3.8, 4) is 17.2 Å². The van der Waals surface area contributed by atoms with Crippen LogP contribution in [-0.2, 0) is 0 Å². The van der Waals surface area contributed by atoms with Crippen molar-refractivity contribution in [3.63, 3.8) is 0 Å². The van der Waals surface area contributed by atoms with Crippen molar-refractivity contribution in [1.82, 2.24) is 10.2 Å². The summed E-state index contributed by atoms with van der Waals surface area (Å²) < 4.78 is 10.6. The maximum Gasteiger partial charge on any atom is 0.313 e. The van der Waals surface area contributed by atoms with Crippen LogP contribution in [0.1, 0.15) is 27.4 Å². The molecule has 3 rings (SSSR count). The Labute approximate surface area is 145 Å². The maximum atomic E-state index is 12.4. The Hall–Kier alpha value is -3.15. The molecule has 6 heteroatoms. The van der Waals surface area contributed by atoms with Gasteiger partial charge in [0.15, 0.2) is 0 Å². The van der Waals surface area contributed by atoms with Crippen LogP contribution in [0.2, 0.25) is 0 Å². The van der Waals surface area contributed by atoms with Crippen LogP contribution in [0.15, 0.2) is 40.8 Å². The zero-order chi connectivity index (χ0) is 18.0. The topological polar surface area (TPSA) is 77.2 Å². The molecule has 0 saturated heterocycles. The molecule has 0 unspecified atom stereocenters. The number of methoxy groups -OCH3 is 1. The minimum atomic E-state index is -0.428. The van der Waals surface area contributed by atoms with Gasteiger partial charge in [-0.05, 0) is 56.2 Å². The van der Waals surface area contributed by atoms with Crippen molar-refractivity contribution in [2.45, 2.75) is 20.8 Å². The molecule has 0 atom stereocenters. The predicted octanol–water partition coefficient (Wildman–Crippen LogP) is 3.92. The first-order valence-electron chi connectivity index (χ1n) is 7.85. The third-order valence-corrected chi connectivity index (χ3v) is 3.87. The van der Waals surface area contributed by atoms with Crippen LogP contribution in [0.25, 0.3) is 11.5 Å². The normalized spacial score (nSPS) is 10.6. The van der Waals surface area contributed by atoms with Crippen molar-refractivity contribution in [2.24, 2.45) is 0 Å². The van der Waals surface area contributed by atoms with Gasteiger partial charge in [-0.25, -0.2) is 0 Å². The van der Waals surface area contributed by atoms with Crippen molar-refractivity contribution in [3.05, 3.63) is 59.0 Å². The molecule has 0 aliphatic carbocycles. The van der Waals surface area contributed by atoms with E-state index in [0.717, 1.165) is 33.7 Å². The largest absolute Gasteiger partial charge is 0.497 e. The first-order valence-corrected chi connectivity index (χ1v) is 7.85. The minimum absolute atomic E-state index is 0.0785. The summed E-state index contributed by atoms with van der Waals surface area (Å²) in [6, 6.07) is 11.2. The van der Waals surface area contributed by atoms with Gasteiger partial charge in [0.05, 0.1) is 7.11 Å². The molecule has 1 heterocycles. The van der Waals surface area contributed by atoms with Crippen molar-refractivity contribution < 1.29 is 13.9 Å². The zero-order valence-corrected chi connectivity index (χ0v) is 14.6. The Morgan fingerprint density at radius 1 is 1.04 bits per heavy atom.